The maximum Gasteiger partial charge on any atom is 0.328 e. The molecule has 6 nitrogen and oxygen atoms in total. The first-order valence-corrected chi connectivity index (χ1v) is 6.54. The van der Waals surface area contributed by atoms with Crippen molar-refractivity contribution in [3.05, 3.63) is 47.1 Å². The molecular formula is C15H16N2O4. The molecule has 0 saturated carbocycles. The Labute approximate surface area is 122 Å². The van der Waals surface area contributed by atoms with Crippen LogP contribution in [0.4, 0.5) is 0 Å². The molecule has 21 heavy (non-hydrogen) atoms. The predicted molar refractivity (Wildman–Crippen MR) is 75.9 cm³/mol. The van der Waals surface area contributed by atoms with Gasteiger partial charge in [-0.1, -0.05) is 23.7 Å². The van der Waals surface area contributed by atoms with Crippen LogP contribution in [-0.4, -0.2) is 21.2 Å². The summed E-state index contributed by atoms with van der Waals surface area (Å²) in [6, 6.07) is 5.53. The number of ether oxygens (including phenoxy) is 1. The summed E-state index contributed by atoms with van der Waals surface area (Å²) in [5.74, 6) is 0.582. The van der Waals surface area contributed by atoms with Crippen LogP contribution in [0.5, 0.6) is 5.75 Å². The van der Waals surface area contributed by atoms with Crippen LogP contribution in [0.1, 0.15) is 29.8 Å². The van der Waals surface area contributed by atoms with E-state index in [1.807, 2.05) is 26.0 Å². The zero-order valence-electron chi connectivity index (χ0n) is 11.9. The van der Waals surface area contributed by atoms with Gasteiger partial charge in [0.2, 0.25) is 11.7 Å². The minimum absolute atomic E-state index is 0.167. The smallest absolute Gasteiger partial charge is 0.328 e. The Morgan fingerprint density at radius 2 is 2.29 bits per heavy atom. The van der Waals surface area contributed by atoms with E-state index in [2.05, 4.69) is 10.1 Å². The first-order chi connectivity index (χ1) is 10.1. The van der Waals surface area contributed by atoms with Crippen molar-refractivity contribution in [1.82, 2.24) is 10.1 Å². The van der Waals surface area contributed by atoms with E-state index >= 15 is 0 Å². The SMILES string of the molecule is CCc1nc(COc2ccc(C)cc2C=CC(=O)O)no1. The van der Waals surface area contributed by atoms with Gasteiger partial charge in [-0.2, -0.15) is 4.98 Å². The van der Waals surface area contributed by atoms with E-state index in [1.54, 1.807) is 6.07 Å². The molecule has 0 aliphatic carbocycles. The van der Waals surface area contributed by atoms with Gasteiger partial charge in [-0.3, -0.25) is 0 Å². The van der Waals surface area contributed by atoms with E-state index in [-0.39, 0.29) is 6.61 Å². The van der Waals surface area contributed by atoms with E-state index in [0.717, 1.165) is 11.6 Å². The number of aryl methyl sites for hydroxylation is 2. The number of hydrogen-bond acceptors (Lipinski definition) is 5. The summed E-state index contributed by atoms with van der Waals surface area (Å²) >= 11 is 0. The molecule has 110 valence electrons. The van der Waals surface area contributed by atoms with E-state index in [1.165, 1.54) is 6.08 Å². The van der Waals surface area contributed by atoms with Gasteiger partial charge in [-0.05, 0) is 25.1 Å². The van der Waals surface area contributed by atoms with Gasteiger partial charge in [0.25, 0.3) is 0 Å². The van der Waals surface area contributed by atoms with E-state index in [0.29, 0.717) is 29.4 Å². The monoisotopic (exact) mass is 288 g/mol. The Morgan fingerprint density at radius 1 is 1.48 bits per heavy atom. The van der Waals surface area contributed by atoms with Gasteiger partial charge in [-0.15, -0.1) is 0 Å². The molecule has 0 spiro atoms. The second-order valence-corrected chi connectivity index (χ2v) is 4.46. The van der Waals surface area contributed by atoms with Crippen LogP contribution in [0.3, 0.4) is 0 Å². The summed E-state index contributed by atoms with van der Waals surface area (Å²) in [7, 11) is 0. The summed E-state index contributed by atoms with van der Waals surface area (Å²) in [5, 5.41) is 12.5. The van der Waals surface area contributed by atoms with Crippen LogP contribution < -0.4 is 4.74 Å². The fourth-order valence-corrected chi connectivity index (χ4v) is 1.73. The van der Waals surface area contributed by atoms with Gasteiger partial charge >= 0.3 is 5.97 Å². The molecular weight excluding hydrogens is 272 g/mol. The molecule has 6 heteroatoms. The molecule has 0 aliphatic rings. The van der Waals surface area contributed by atoms with Crippen molar-refractivity contribution >= 4 is 12.0 Å². The average Bonchev–Trinajstić information content (AvgIpc) is 2.92. The number of aliphatic carboxylic acids is 1. The molecule has 0 atom stereocenters. The summed E-state index contributed by atoms with van der Waals surface area (Å²) < 4.78 is 10.6. The Bertz CT molecular complexity index is 661. The molecule has 2 aromatic rings. The first kappa shape index (κ1) is 14.8. The minimum atomic E-state index is -1.01. The van der Waals surface area contributed by atoms with Crippen molar-refractivity contribution in [2.45, 2.75) is 26.9 Å². The van der Waals surface area contributed by atoms with Gasteiger partial charge in [0.1, 0.15) is 5.75 Å². The molecule has 0 bridgehead atoms. The van der Waals surface area contributed by atoms with Crippen molar-refractivity contribution in [1.29, 1.82) is 0 Å². The molecule has 1 heterocycles. The van der Waals surface area contributed by atoms with Crippen LogP contribution in [0.2, 0.25) is 0 Å². The molecule has 0 aliphatic heterocycles. The number of nitrogens with zero attached hydrogens (tertiary/aromatic N) is 2. The normalized spacial score (nSPS) is 11.0. The molecule has 0 unspecified atom stereocenters. The Kier molecular flexibility index (Phi) is 4.71. The summed E-state index contributed by atoms with van der Waals surface area (Å²) in [6.45, 7) is 4.02. The predicted octanol–water partition coefficient (Wildman–Crippen LogP) is 2.62. The third kappa shape index (κ3) is 4.17. The summed E-state index contributed by atoms with van der Waals surface area (Å²) in [6.07, 6.45) is 3.24. The van der Waals surface area contributed by atoms with E-state index in [4.69, 9.17) is 14.4 Å². The van der Waals surface area contributed by atoms with E-state index < -0.39 is 5.97 Å². The van der Waals surface area contributed by atoms with Crippen LogP contribution in [0.15, 0.2) is 28.8 Å². The number of rotatable bonds is 6. The topological polar surface area (TPSA) is 85.5 Å². The zero-order chi connectivity index (χ0) is 15.2. The number of hydrogen-bond donors (Lipinski definition) is 1. The Hall–Kier alpha value is -2.63. The lowest BCUT2D eigenvalue weighted by molar-refractivity contribution is -0.131. The maximum absolute atomic E-state index is 10.6. The molecule has 0 fully saturated rings. The highest BCUT2D eigenvalue weighted by Crippen LogP contribution is 2.22. The molecule has 1 aromatic carbocycles. The molecule has 1 aromatic heterocycles. The number of carboxylic acids is 1. The van der Waals surface area contributed by atoms with Crippen molar-refractivity contribution < 1.29 is 19.2 Å². The highest BCUT2D eigenvalue weighted by Gasteiger charge is 2.07. The third-order valence-electron chi connectivity index (χ3n) is 2.74. The van der Waals surface area contributed by atoms with Crippen LogP contribution in [-0.2, 0) is 17.8 Å². The lowest BCUT2D eigenvalue weighted by Gasteiger charge is -2.08. The minimum Gasteiger partial charge on any atom is -0.485 e. The van der Waals surface area contributed by atoms with Gasteiger partial charge in [-0.25, -0.2) is 4.79 Å². The highest BCUT2D eigenvalue weighted by atomic mass is 16.5. The number of carboxylic acid groups (broad SMARTS) is 1. The van der Waals surface area contributed by atoms with E-state index in [9.17, 15) is 4.79 Å². The molecule has 0 amide bonds. The average molecular weight is 288 g/mol. The number of aromatic nitrogens is 2. The Morgan fingerprint density at radius 3 is 2.95 bits per heavy atom. The van der Waals surface area contributed by atoms with Crippen molar-refractivity contribution in [2.75, 3.05) is 0 Å². The zero-order valence-corrected chi connectivity index (χ0v) is 11.9. The third-order valence-corrected chi connectivity index (χ3v) is 2.74. The van der Waals surface area contributed by atoms with Gasteiger partial charge in [0.05, 0.1) is 0 Å². The quantitative estimate of drug-likeness (QED) is 0.822. The van der Waals surface area contributed by atoms with Crippen LogP contribution in [0.25, 0.3) is 6.08 Å². The Balaban J connectivity index is 2.13. The number of benzene rings is 1. The van der Waals surface area contributed by atoms with Crippen molar-refractivity contribution in [3.63, 3.8) is 0 Å². The first-order valence-electron chi connectivity index (χ1n) is 6.54. The maximum atomic E-state index is 10.6. The number of carbonyl (C=O) groups is 1. The second kappa shape index (κ2) is 6.69. The van der Waals surface area contributed by atoms with Gasteiger partial charge < -0.3 is 14.4 Å². The molecule has 2 rings (SSSR count). The van der Waals surface area contributed by atoms with Gasteiger partial charge in [0, 0.05) is 18.1 Å². The van der Waals surface area contributed by atoms with Crippen molar-refractivity contribution in [3.8, 4) is 5.75 Å². The van der Waals surface area contributed by atoms with Crippen LogP contribution in [0, 0.1) is 6.92 Å². The summed E-state index contributed by atoms with van der Waals surface area (Å²) in [5.41, 5.74) is 1.71. The lowest BCUT2D eigenvalue weighted by Crippen LogP contribution is -1.99. The standard InChI is InChI=1S/C15H16N2O4/c1-3-14-16-13(17-21-14)9-20-12-6-4-10(2)8-11(12)5-7-15(18)19/h4-8H,3,9H2,1-2H3,(H,18,19). The molecule has 0 saturated heterocycles. The second-order valence-electron chi connectivity index (χ2n) is 4.46. The molecule has 0 radical (unpaired) electrons. The fraction of sp³-hybridized carbons (Fsp3) is 0.267. The van der Waals surface area contributed by atoms with Crippen molar-refractivity contribution in [2.24, 2.45) is 0 Å². The van der Waals surface area contributed by atoms with Gasteiger partial charge in [0.15, 0.2) is 6.61 Å². The lowest BCUT2D eigenvalue weighted by atomic mass is 10.1. The van der Waals surface area contributed by atoms with Crippen LogP contribution >= 0.6 is 0 Å². The molecule has 1 N–H and O–H groups in total. The summed E-state index contributed by atoms with van der Waals surface area (Å²) in [4.78, 5) is 14.8. The largest absolute Gasteiger partial charge is 0.485 e. The fourth-order valence-electron chi connectivity index (χ4n) is 1.73. The highest BCUT2D eigenvalue weighted by molar-refractivity contribution is 5.85.